The quantitative estimate of drug-likeness (QED) is 0.897. The second-order valence-electron chi connectivity index (χ2n) is 4.33. The van der Waals surface area contributed by atoms with E-state index in [1.807, 2.05) is 43.3 Å². The van der Waals surface area contributed by atoms with Gasteiger partial charge in [0.25, 0.3) is 0 Å². The average molecular weight is 243 g/mol. The van der Waals surface area contributed by atoms with Crippen LogP contribution in [0.15, 0.2) is 42.6 Å². The van der Waals surface area contributed by atoms with Crippen molar-refractivity contribution < 1.29 is 9.84 Å². The number of benzene rings is 1. The van der Waals surface area contributed by atoms with Crippen molar-refractivity contribution in [2.45, 2.75) is 26.6 Å². The SMILES string of the molecule is Cc1cc(OCc2ccccc2)ncc1[C@@H](C)O. The molecule has 1 atom stereocenters. The summed E-state index contributed by atoms with van der Waals surface area (Å²) in [5.74, 6) is 0.584. The Labute approximate surface area is 107 Å². The molecule has 0 aliphatic rings. The maximum atomic E-state index is 9.52. The Morgan fingerprint density at radius 2 is 2.00 bits per heavy atom. The summed E-state index contributed by atoms with van der Waals surface area (Å²) in [6.45, 7) is 4.18. The lowest BCUT2D eigenvalue weighted by Crippen LogP contribution is -2.01. The highest BCUT2D eigenvalue weighted by atomic mass is 16.5. The van der Waals surface area contributed by atoms with Crippen molar-refractivity contribution >= 4 is 0 Å². The van der Waals surface area contributed by atoms with E-state index >= 15 is 0 Å². The molecule has 0 saturated carbocycles. The number of rotatable bonds is 4. The first kappa shape index (κ1) is 12.6. The van der Waals surface area contributed by atoms with E-state index in [2.05, 4.69) is 4.98 Å². The Hall–Kier alpha value is -1.87. The summed E-state index contributed by atoms with van der Waals surface area (Å²) in [5.41, 5.74) is 2.93. The van der Waals surface area contributed by atoms with Gasteiger partial charge in [-0.05, 0) is 25.0 Å². The molecule has 0 aliphatic carbocycles. The van der Waals surface area contributed by atoms with Crippen molar-refractivity contribution in [1.82, 2.24) is 4.98 Å². The summed E-state index contributed by atoms with van der Waals surface area (Å²) in [6.07, 6.45) is 1.17. The van der Waals surface area contributed by atoms with E-state index in [0.717, 1.165) is 16.7 Å². The molecular weight excluding hydrogens is 226 g/mol. The molecule has 1 N–H and O–H groups in total. The molecule has 0 bridgehead atoms. The molecule has 1 heterocycles. The molecule has 0 fully saturated rings. The van der Waals surface area contributed by atoms with Crippen molar-refractivity contribution in [2.75, 3.05) is 0 Å². The lowest BCUT2D eigenvalue weighted by molar-refractivity contribution is 0.197. The van der Waals surface area contributed by atoms with Crippen LogP contribution < -0.4 is 4.74 Å². The van der Waals surface area contributed by atoms with Gasteiger partial charge in [-0.3, -0.25) is 0 Å². The molecule has 94 valence electrons. The Balaban J connectivity index is 2.05. The van der Waals surface area contributed by atoms with Gasteiger partial charge in [0.15, 0.2) is 0 Å². The van der Waals surface area contributed by atoms with Gasteiger partial charge in [0, 0.05) is 17.8 Å². The second kappa shape index (κ2) is 5.65. The molecule has 0 aliphatic heterocycles. The minimum Gasteiger partial charge on any atom is -0.473 e. The highest BCUT2D eigenvalue weighted by Gasteiger charge is 2.07. The van der Waals surface area contributed by atoms with Crippen molar-refractivity contribution in [2.24, 2.45) is 0 Å². The minimum absolute atomic E-state index is 0.499. The summed E-state index contributed by atoms with van der Waals surface area (Å²) < 4.78 is 5.61. The van der Waals surface area contributed by atoms with E-state index in [1.54, 1.807) is 13.1 Å². The van der Waals surface area contributed by atoms with E-state index in [1.165, 1.54) is 0 Å². The molecule has 0 unspecified atom stereocenters. The third-order valence-electron chi connectivity index (χ3n) is 2.81. The monoisotopic (exact) mass is 243 g/mol. The fourth-order valence-corrected chi connectivity index (χ4v) is 1.79. The maximum absolute atomic E-state index is 9.52. The molecular formula is C15H17NO2. The largest absolute Gasteiger partial charge is 0.473 e. The number of aliphatic hydroxyl groups is 1. The van der Waals surface area contributed by atoms with Crippen LogP contribution in [0, 0.1) is 6.92 Å². The fourth-order valence-electron chi connectivity index (χ4n) is 1.79. The van der Waals surface area contributed by atoms with Gasteiger partial charge in [-0.15, -0.1) is 0 Å². The van der Waals surface area contributed by atoms with Crippen LogP contribution in [0.5, 0.6) is 5.88 Å². The highest BCUT2D eigenvalue weighted by molar-refractivity contribution is 5.29. The first-order valence-electron chi connectivity index (χ1n) is 5.98. The Morgan fingerprint density at radius 1 is 1.28 bits per heavy atom. The molecule has 3 nitrogen and oxygen atoms in total. The number of hydrogen-bond donors (Lipinski definition) is 1. The average Bonchev–Trinajstić information content (AvgIpc) is 2.37. The van der Waals surface area contributed by atoms with Crippen LogP contribution in [0.3, 0.4) is 0 Å². The van der Waals surface area contributed by atoms with Crippen LogP contribution in [0.2, 0.25) is 0 Å². The van der Waals surface area contributed by atoms with Crippen molar-refractivity contribution in [3.8, 4) is 5.88 Å². The molecule has 2 aromatic rings. The van der Waals surface area contributed by atoms with E-state index < -0.39 is 6.10 Å². The first-order chi connectivity index (χ1) is 8.66. The summed E-state index contributed by atoms with van der Waals surface area (Å²) >= 11 is 0. The van der Waals surface area contributed by atoms with Crippen LogP contribution >= 0.6 is 0 Å². The van der Waals surface area contributed by atoms with Crippen LogP contribution in [-0.4, -0.2) is 10.1 Å². The normalized spacial score (nSPS) is 12.2. The van der Waals surface area contributed by atoms with Gasteiger partial charge in [0.1, 0.15) is 6.61 Å². The summed E-state index contributed by atoms with van der Waals surface area (Å²) in [4.78, 5) is 4.19. The van der Waals surface area contributed by atoms with E-state index in [4.69, 9.17) is 4.74 Å². The number of aryl methyl sites for hydroxylation is 1. The summed E-state index contributed by atoms with van der Waals surface area (Å²) in [6, 6.07) is 11.8. The molecule has 2 rings (SSSR count). The van der Waals surface area contributed by atoms with Gasteiger partial charge in [-0.1, -0.05) is 30.3 Å². The topological polar surface area (TPSA) is 42.4 Å². The molecule has 1 aromatic heterocycles. The zero-order valence-corrected chi connectivity index (χ0v) is 10.6. The number of nitrogens with zero attached hydrogens (tertiary/aromatic N) is 1. The zero-order chi connectivity index (χ0) is 13.0. The molecule has 1 aromatic carbocycles. The van der Waals surface area contributed by atoms with E-state index in [-0.39, 0.29) is 0 Å². The van der Waals surface area contributed by atoms with Gasteiger partial charge in [-0.25, -0.2) is 4.98 Å². The number of aromatic nitrogens is 1. The van der Waals surface area contributed by atoms with Crippen LogP contribution in [0.4, 0.5) is 0 Å². The number of hydrogen-bond acceptors (Lipinski definition) is 3. The summed E-state index contributed by atoms with van der Waals surface area (Å²) in [5, 5.41) is 9.52. The lowest BCUT2D eigenvalue weighted by atomic mass is 10.1. The molecule has 0 radical (unpaired) electrons. The Morgan fingerprint density at radius 3 is 2.61 bits per heavy atom. The molecule has 3 heteroatoms. The van der Waals surface area contributed by atoms with Crippen molar-refractivity contribution in [3.63, 3.8) is 0 Å². The molecule has 0 spiro atoms. The highest BCUT2D eigenvalue weighted by Crippen LogP contribution is 2.20. The van der Waals surface area contributed by atoms with Crippen molar-refractivity contribution in [3.05, 3.63) is 59.3 Å². The number of aliphatic hydroxyl groups excluding tert-OH is 1. The standard InChI is InChI=1S/C15H17NO2/c1-11-8-15(16-9-14(11)12(2)17)18-10-13-6-4-3-5-7-13/h3-9,12,17H,10H2,1-2H3/t12-/m1/s1. The number of ether oxygens (including phenoxy) is 1. The predicted octanol–water partition coefficient (Wildman–Crippen LogP) is 3.02. The van der Waals surface area contributed by atoms with Gasteiger partial charge >= 0.3 is 0 Å². The summed E-state index contributed by atoms with van der Waals surface area (Å²) in [7, 11) is 0. The van der Waals surface area contributed by atoms with Crippen molar-refractivity contribution in [1.29, 1.82) is 0 Å². The number of pyridine rings is 1. The molecule has 18 heavy (non-hydrogen) atoms. The van der Waals surface area contributed by atoms with Crippen LogP contribution in [0.1, 0.15) is 29.7 Å². The fraction of sp³-hybridized carbons (Fsp3) is 0.267. The minimum atomic E-state index is -0.499. The van der Waals surface area contributed by atoms with E-state index in [9.17, 15) is 5.11 Å². The second-order valence-corrected chi connectivity index (χ2v) is 4.33. The lowest BCUT2D eigenvalue weighted by Gasteiger charge is -2.10. The van der Waals surface area contributed by atoms with Gasteiger partial charge in [0.05, 0.1) is 6.10 Å². The third-order valence-corrected chi connectivity index (χ3v) is 2.81. The van der Waals surface area contributed by atoms with Crippen LogP contribution in [0.25, 0.3) is 0 Å². The smallest absolute Gasteiger partial charge is 0.213 e. The third kappa shape index (κ3) is 3.08. The Bertz CT molecular complexity index is 509. The molecule has 0 amide bonds. The van der Waals surface area contributed by atoms with E-state index in [0.29, 0.717) is 12.5 Å². The molecule has 0 saturated heterocycles. The van der Waals surface area contributed by atoms with Crippen LogP contribution in [-0.2, 0) is 6.61 Å². The van der Waals surface area contributed by atoms with Gasteiger partial charge in [-0.2, -0.15) is 0 Å². The van der Waals surface area contributed by atoms with Gasteiger partial charge < -0.3 is 9.84 Å². The predicted molar refractivity (Wildman–Crippen MR) is 70.4 cm³/mol. The van der Waals surface area contributed by atoms with Gasteiger partial charge in [0.2, 0.25) is 5.88 Å². The maximum Gasteiger partial charge on any atom is 0.213 e. The Kier molecular flexibility index (Phi) is 3.95. The first-order valence-corrected chi connectivity index (χ1v) is 5.98. The zero-order valence-electron chi connectivity index (χ0n) is 10.6.